The fourth-order valence-electron chi connectivity index (χ4n) is 1.25. The summed E-state index contributed by atoms with van der Waals surface area (Å²) in [4.78, 5) is 12.5. The maximum Gasteiger partial charge on any atom is 0.322 e. The van der Waals surface area contributed by atoms with Crippen LogP contribution in [0.3, 0.4) is 0 Å². The predicted octanol–water partition coefficient (Wildman–Crippen LogP) is 2.23. The average Bonchev–Trinajstić information content (AvgIpc) is 2.33. The van der Waals surface area contributed by atoms with Gasteiger partial charge in [-0.3, -0.25) is 5.43 Å². The van der Waals surface area contributed by atoms with Gasteiger partial charge in [0, 0.05) is 5.75 Å². The Kier molecular flexibility index (Phi) is 6.74. The second kappa shape index (κ2) is 8.10. The number of nitrogen functional groups attached to an aromatic ring is 1. The zero-order chi connectivity index (χ0) is 13.4. The highest BCUT2D eigenvalue weighted by Crippen LogP contribution is 2.19. The van der Waals surface area contributed by atoms with Gasteiger partial charge in [0.1, 0.15) is 0 Å². The molecular formula is C11H21N5OS. The second-order valence-electron chi connectivity index (χ2n) is 4.09. The monoisotopic (exact) mass is 271 g/mol. The number of hydrogen-bond acceptors (Lipinski definition) is 7. The molecule has 0 fully saturated rings. The minimum atomic E-state index is 0.0240. The number of thioether (sulfide) groups is 1. The standard InChI is InChI=1S/C11H21N5OS/c1-4-5-6-7-18-11-14-9(16-12)13-10(15-11)17-8(2)3/h8H,4-7,12H2,1-3H3,(H,13,14,15,16). The maximum atomic E-state index is 5.45. The van der Waals surface area contributed by atoms with Gasteiger partial charge in [0.2, 0.25) is 5.95 Å². The van der Waals surface area contributed by atoms with Gasteiger partial charge in [-0.25, -0.2) is 5.84 Å². The van der Waals surface area contributed by atoms with E-state index in [4.69, 9.17) is 10.6 Å². The van der Waals surface area contributed by atoms with Crippen molar-refractivity contribution in [1.82, 2.24) is 15.0 Å². The SMILES string of the molecule is CCCCCSc1nc(NN)nc(OC(C)C)n1. The Hall–Kier alpha value is -1.08. The van der Waals surface area contributed by atoms with Gasteiger partial charge in [-0.1, -0.05) is 31.5 Å². The Morgan fingerprint density at radius 1 is 1.28 bits per heavy atom. The molecule has 0 bridgehead atoms. The van der Waals surface area contributed by atoms with E-state index in [0.717, 1.165) is 12.2 Å². The summed E-state index contributed by atoms with van der Waals surface area (Å²) in [7, 11) is 0. The number of rotatable bonds is 8. The molecule has 0 aromatic carbocycles. The zero-order valence-electron chi connectivity index (χ0n) is 11.1. The molecular weight excluding hydrogens is 250 g/mol. The number of hydrogen-bond donors (Lipinski definition) is 2. The van der Waals surface area contributed by atoms with Gasteiger partial charge in [-0.05, 0) is 20.3 Å². The van der Waals surface area contributed by atoms with Crippen LogP contribution in [0.1, 0.15) is 40.0 Å². The van der Waals surface area contributed by atoms with Gasteiger partial charge >= 0.3 is 6.01 Å². The van der Waals surface area contributed by atoms with Crippen molar-refractivity contribution < 1.29 is 4.74 Å². The lowest BCUT2D eigenvalue weighted by Crippen LogP contribution is -2.15. The molecule has 18 heavy (non-hydrogen) atoms. The molecule has 1 rings (SSSR count). The van der Waals surface area contributed by atoms with Crippen LogP contribution >= 0.6 is 11.8 Å². The molecule has 1 heterocycles. The van der Waals surface area contributed by atoms with Crippen LogP contribution in [0, 0.1) is 0 Å². The largest absolute Gasteiger partial charge is 0.461 e. The number of nitrogens with one attached hydrogen (secondary N) is 1. The molecule has 0 radical (unpaired) electrons. The quantitative estimate of drug-likeness (QED) is 0.324. The van der Waals surface area contributed by atoms with Crippen LogP contribution in [0.4, 0.5) is 5.95 Å². The highest BCUT2D eigenvalue weighted by molar-refractivity contribution is 7.99. The summed E-state index contributed by atoms with van der Waals surface area (Å²) in [6.07, 6.45) is 3.60. The smallest absolute Gasteiger partial charge is 0.322 e. The van der Waals surface area contributed by atoms with Crippen LogP contribution in [0.25, 0.3) is 0 Å². The van der Waals surface area contributed by atoms with E-state index in [1.54, 1.807) is 11.8 Å². The van der Waals surface area contributed by atoms with Crippen molar-refractivity contribution in [1.29, 1.82) is 0 Å². The second-order valence-corrected chi connectivity index (χ2v) is 5.15. The first-order chi connectivity index (χ1) is 8.65. The molecule has 7 heteroatoms. The molecule has 0 unspecified atom stereocenters. The first-order valence-corrected chi connectivity index (χ1v) is 7.16. The van der Waals surface area contributed by atoms with E-state index in [9.17, 15) is 0 Å². The van der Waals surface area contributed by atoms with Crippen LogP contribution in [0.2, 0.25) is 0 Å². The fraction of sp³-hybridized carbons (Fsp3) is 0.727. The molecule has 3 N–H and O–H groups in total. The van der Waals surface area contributed by atoms with Crippen molar-refractivity contribution in [2.75, 3.05) is 11.2 Å². The Balaban J connectivity index is 2.64. The van der Waals surface area contributed by atoms with E-state index in [1.807, 2.05) is 13.8 Å². The van der Waals surface area contributed by atoms with Crippen molar-refractivity contribution in [2.24, 2.45) is 5.84 Å². The van der Waals surface area contributed by atoms with Crippen LogP contribution in [-0.4, -0.2) is 26.8 Å². The van der Waals surface area contributed by atoms with Crippen LogP contribution in [-0.2, 0) is 0 Å². The molecule has 0 aliphatic carbocycles. The summed E-state index contributed by atoms with van der Waals surface area (Å²) < 4.78 is 5.45. The summed E-state index contributed by atoms with van der Waals surface area (Å²) in [5, 5.41) is 0.643. The Morgan fingerprint density at radius 3 is 2.67 bits per heavy atom. The number of nitrogens with two attached hydrogens (primary N) is 1. The summed E-state index contributed by atoms with van der Waals surface area (Å²) in [5.74, 6) is 6.65. The van der Waals surface area contributed by atoms with Gasteiger partial charge < -0.3 is 4.74 Å². The lowest BCUT2D eigenvalue weighted by atomic mass is 10.3. The predicted molar refractivity (Wildman–Crippen MR) is 73.7 cm³/mol. The van der Waals surface area contributed by atoms with Crippen LogP contribution in [0.5, 0.6) is 6.01 Å². The van der Waals surface area contributed by atoms with Gasteiger partial charge in [0.25, 0.3) is 0 Å². The molecule has 0 saturated heterocycles. The van der Waals surface area contributed by atoms with Gasteiger partial charge in [-0.15, -0.1) is 0 Å². The number of unbranched alkanes of at least 4 members (excludes halogenated alkanes) is 2. The topological polar surface area (TPSA) is 86.0 Å². The minimum Gasteiger partial charge on any atom is -0.461 e. The summed E-state index contributed by atoms with van der Waals surface area (Å²) in [6, 6.07) is 0.311. The highest BCUT2D eigenvalue weighted by atomic mass is 32.2. The van der Waals surface area contributed by atoms with Gasteiger partial charge in [0.15, 0.2) is 5.16 Å². The summed E-state index contributed by atoms with van der Waals surface area (Å²) in [6.45, 7) is 6.03. The van der Waals surface area contributed by atoms with Gasteiger partial charge in [-0.2, -0.15) is 15.0 Å². The van der Waals surface area contributed by atoms with Crippen molar-refractivity contribution in [2.45, 2.75) is 51.3 Å². The summed E-state index contributed by atoms with van der Waals surface area (Å²) >= 11 is 1.59. The molecule has 6 nitrogen and oxygen atoms in total. The van der Waals surface area contributed by atoms with Crippen LogP contribution in [0.15, 0.2) is 5.16 Å². The zero-order valence-corrected chi connectivity index (χ0v) is 12.0. The first kappa shape index (κ1) is 15.0. The first-order valence-electron chi connectivity index (χ1n) is 6.17. The highest BCUT2D eigenvalue weighted by Gasteiger charge is 2.08. The molecule has 0 aliphatic heterocycles. The Morgan fingerprint density at radius 2 is 2.06 bits per heavy atom. The van der Waals surface area contributed by atoms with Crippen molar-refractivity contribution >= 4 is 17.7 Å². The molecule has 0 saturated carbocycles. The number of aromatic nitrogens is 3. The molecule has 0 atom stereocenters. The molecule has 102 valence electrons. The Bertz CT molecular complexity index is 361. The number of ether oxygens (including phenoxy) is 1. The number of hydrazine groups is 1. The van der Waals surface area contributed by atoms with Crippen molar-refractivity contribution in [3.63, 3.8) is 0 Å². The lowest BCUT2D eigenvalue weighted by molar-refractivity contribution is 0.219. The number of nitrogens with zero attached hydrogens (tertiary/aromatic N) is 3. The average molecular weight is 271 g/mol. The Labute approximate surface area is 112 Å². The van der Waals surface area contributed by atoms with Crippen molar-refractivity contribution in [3.05, 3.63) is 0 Å². The van der Waals surface area contributed by atoms with E-state index in [1.165, 1.54) is 12.8 Å². The number of anilines is 1. The van der Waals surface area contributed by atoms with E-state index < -0.39 is 0 Å². The summed E-state index contributed by atoms with van der Waals surface area (Å²) in [5.41, 5.74) is 2.43. The molecule has 0 aliphatic rings. The third-order valence-electron chi connectivity index (χ3n) is 2.04. The maximum absolute atomic E-state index is 5.45. The van der Waals surface area contributed by atoms with E-state index in [2.05, 4.69) is 27.3 Å². The molecule has 0 spiro atoms. The van der Waals surface area contributed by atoms with Gasteiger partial charge in [0.05, 0.1) is 6.10 Å². The van der Waals surface area contributed by atoms with E-state index in [-0.39, 0.29) is 6.10 Å². The normalized spacial score (nSPS) is 10.7. The van der Waals surface area contributed by atoms with Crippen LogP contribution < -0.4 is 16.0 Å². The molecule has 1 aromatic heterocycles. The fourth-order valence-corrected chi connectivity index (χ4v) is 2.07. The minimum absolute atomic E-state index is 0.0240. The molecule has 1 aromatic rings. The third-order valence-corrected chi connectivity index (χ3v) is 2.98. The van der Waals surface area contributed by atoms with E-state index in [0.29, 0.717) is 17.1 Å². The lowest BCUT2D eigenvalue weighted by Gasteiger charge is -2.09. The van der Waals surface area contributed by atoms with E-state index >= 15 is 0 Å². The molecule has 0 amide bonds. The van der Waals surface area contributed by atoms with Crippen molar-refractivity contribution in [3.8, 4) is 6.01 Å². The third kappa shape index (κ3) is 5.50.